The lowest BCUT2D eigenvalue weighted by Gasteiger charge is -2.39. The van der Waals surface area contributed by atoms with E-state index in [0.717, 1.165) is 22.6 Å². The quantitative estimate of drug-likeness (QED) is 0.182. The molecule has 1 aliphatic carbocycles. The average Bonchev–Trinajstić information content (AvgIpc) is 3.72. The monoisotopic (exact) mass is 666 g/mol. The van der Waals surface area contributed by atoms with Gasteiger partial charge in [-0.2, -0.15) is 0 Å². The van der Waals surface area contributed by atoms with Gasteiger partial charge in [-0.3, -0.25) is 0 Å². The minimum absolute atomic E-state index is 0.445. The van der Waals surface area contributed by atoms with Crippen LogP contribution in [0.3, 0.4) is 0 Å². The molecule has 1 aromatic heterocycles. The molecule has 0 fully saturated rings. The van der Waals surface area contributed by atoms with E-state index >= 15 is 0 Å². The van der Waals surface area contributed by atoms with Crippen molar-refractivity contribution in [1.82, 2.24) is 0 Å². The van der Waals surface area contributed by atoms with E-state index in [2.05, 4.69) is 182 Å². The highest BCUT2D eigenvalue weighted by molar-refractivity contribution is 7.25. The van der Waals surface area contributed by atoms with Crippen molar-refractivity contribution in [3.05, 3.63) is 204 Å². The number of thiophene rings is 1. The van der Waals surface area contributed by atoms with Gasteiger partial charge in [-0.15, -0.1) is 11.3 Å². The Bertz CT molecular complexity index is 2790. The van der Waals surface area contributed by atoms with Gasteiger partial charge in [-0.1, -0.05) is 152 Å². The average molecular weight is 667 g/mol. The van der Waals surface area contributed by atoms with Crippen molar-refractivity contribution in [2.45, 2.75) is 5.41 Å². The molecule has 0 unspecified atom stereocenters. The van der Waals surface area contributed by atoms with Gasteiger partial charge in [-0.05, 0) is 86.0 Å². The molecule has 0 atom stereocenters. The highest BCUT2D eigenvalue weighted by Crippen LogP contribution is 2.62. The summed E-state index contributed by atoms with van der Waals surface area (Å²) in [4.78, 5) is 0. The van der Waals surface area contributed by atoms with Crippen LogP contribution in [0.4, 0.5) is 0 Å². The molecule has 238 valence electrons. The summed E-state index contributed by atoms with van der Waals surface area (Å²) in [6, 6.07) is 66.4. The molecular formula is C49H30OS. The van der Waals surface area contributed by atoms with Gasteiger partial charge in [0.05, 0.1) is 5.41 Å². The number of hydrogen-bond acceptors (Lipinski definition) is 2. The van der Waals surface area contributed by atoms with Crippen LogP contribution in [0, 0.1) is 0 Å². The maximum absolute atomic E-state index is 6.78. The third kappa shape index (κ3) is 4.08. The van der Waals surface area contributed by atoms with Gasteiger partial charge < -0.3 is 4.74 Å². The lowest BCUT2D eigenvalue weighted by atomic mass is 9.66. The Hall–Kier alpha value is -6.22. The first-order valence-corrected chi connectivity index (χ1v) is 18.3. The Morgan fingerprint density at radius 3 is 1.71 bits per heavy atom. The van der Waals surface area contributed by atoms with Crippen LogP contribution < -0.4 is 4.74 Å². The lowest BCUT2D eigenvalue weighted by Crippen LogP contribution is -2.32. The SMILES string of the molecule is c1cc(-c2ccc(-c3cccc4sc5ccccc5c34)cc2)cc(-c2ccc3c(c2)Oc2ccccc2C32c3ccccc3-c3ccccc32)c1. The van der Waals surface area contributed by atoms with Gasteiger partial charge >= 0.3 is 0 Å². The van der Waals surface area contributed by atoms with Crippen molar-refractivity contribution in [2.24, 2.45) is 0 Å². The fourth-order valence-corrected chi connectivity index (χ4v) is 9.91. The Kier molecular flexibility index (Phi) is 6.11. The molecule has 0 saturated heterocycles. The summed E-state index contributed by atoms with van der Waals surface area (Å²) in [7, 11) is 0. The van der Waals surface area contributed by atoms with Gasteiger partial charge in [0.15, 0.2) is 0 Å². The van der Waals surface area contributed by atoms with Crippen LogP contribution in [0.1, 0.15) is 22.3 Å². The van der Waals surface area contributed by atoms with Gasteiger partial charge in [0.2, 0.25) is 0 Å². The van der Waals surface area contributed by atoms with Gasteiger partial charge in [-0.25, -0.2) is 0 Å². The summed E-state index contributed by atoms with van der Waals surface area (Å²) >= 11 is 1.87. The van der Waals surface area contributed by atoms with Gasteiger partial charge in [0, 0.05) is 31.3 Å². The van der Waals surface area contributed by atoms with E-state index in [1.54, 1.807) is 0 Å². The summed E-state index contributed by atoms with van der Waals surface area (Å²) in [6.07, 6.45) is 0. The van der Waals surface area contributed by atoms with E-state index in [1.165, 1.54) is 75.8 Å². The molecule has 0 bridgehead atoms. The minimum atomic E-state index is -0.445. The molecule has 9 aromatic rings. The zero-order chi connectivity index (χ0) is 33.5. The summed E-state index contributed by atoms with van der Waals surface area (Å²) < 4.78 is 9.44. The normalized spacial score (nSPS) is 13.4. The van der Waals surface area contributed by atoms with Crippen LogP contribution in [0.2, 0.25) is 0 Å². The van der Waals surface area contributed by atoms with E-state index in [4.69, 9.17) is 4.74 Å². The Balaban J connectivity index is 1.000. The van der Waals surface area contributed by atoms with E-state index < -0.39 is 5.41 Å². The summed E-state index contributed by atoms with van der Waals surface area (Å²) in [5.41, 5.74) is 14.3. The van der Waals surface area contributed by atoms with Gasteiger partial charge in [0.1, 0.15) is 11.5 Å². The Morgan fingerprint density at radius 1 is 0.353 bits per heavy atom. The van der Waals surface area contributed by atoms with Crippen LogP contribution >= 0.6 is 11.3 Å². The van der Waals surface area contributed by atoms with Crippen LogP contribution in [0.25, 0.3) is 64.7 Å². The predicted octanol–water partition coefficient (Wildman–Crippen LogP) is 13.5. The highest BCUT2D eigenvalue weighted by atomic mass is 32.1. The molecule has 2 heteroatoms. The van der Waals surface area contributed by atoms with Crippen LogP contribution in [-0.4, -0.2) is 0 Å². The second-order valence-electron chi connectivity index (χ2n) is 13.6. The summed E-state index contributed by atoms with van der Waals surface area (Å²) in [6.45, 7) is 0. The molecule has 0 amide bonds. The molecule has 8 aromatic carbocycles. The van der Waals surface area contributed by atoms with E-state index in [9.17, 15) is 0 Å². The Labute approximate surface area is 300 Å². The molecule has 2 heterocycles. The fraction of sp³-hybridized carbons (Fsp3) is 0.0204. The molecule has 0 saturated carbocycles. The first kappa shape index (κ1) is 28.6. The van der Waals surface area contributed by atoms with E-state index in [1.807, 2.05) is 11.3 Å². The second-order valence-corrected chi connectivity index (χ2v) is 14.7. The maximum Gasteiger partial charge on any atom is 0.132 e. The number of rotatable bonds is 3. The minimum Gasteiger partial charge on any atom is -0.457 e. The van der Waals surface area contributed by atoms with Crippen LogP contribution in [0.15, 0.2) is 182 Å². The molecule has 1 spiro atoms. The maximum atomic E-state index is 6.78. The third-order valence-electron chi connectivity index (χ3n) is 11.0. The van der Waals surface area contributed by atoms with E-state index in [-0.39, 0.29) is 0 Å². The zero-order valence-electron chi connectivity index (χ0n) is 27.6. The molecule has 0 radical (unpaired) electrons. The number of para-hydroxylation sites is 1. The number of ether oxygens (including phenoxy) is 1. The number of fused-ring (bicyclic) bond motifs is 12. The molecule has 51 heavy (non-hydrogen) atoms. The standard InChI is InChI=1S/C49H30OS/c1-4-17-40-37(13-1)38-14-2-5-18-41(38)49(40)42-19-6-7-20-44(42)50-45-30-35(27-28-43(45)49)34-12-9-11-33(29-34)31-23-25-32(26-24-31)36-16-10-22-47-48(36)39-15-3-8-21-46(39)51-47/h1-30H. The number of benzene rings is 8. The largest absolute Gasteiger partial charge is 0.457 e. The predicted molar refractivity (Wildman–Crippen MR) is 213 cm³/mol. The third-order valence-corrected chi connectivity index (χ3v) is 12.1. The van der Waals surface area contributed by atoms with Crippen molar-refractivity contribution in [2.75, 3.05) is 0 Å². The van der Waals surface area contributed by atoms with Crippen molar-refractivity contribution >= 4 is 31.5 Å². The summed E-state index contributed by atoms with van der Waals surface area (Å²) in [5.74, 6) is 1.82. The number of hydrogen-bond donors (Lipinski definition) is 0. The highest BCUT2D eigenvalue weighted by Gasteiger charge is 2.50. The molecule has 0 N–H and O–H groups in total. The zero-order valence-corrected chi connectivity index (χ0v) is 28.5. The molecule has 1 nitrogen and oxygen atoms in total. The molecule has 11 rings (SSSR count). The van der Waals surface area contributed by atoms with E-state index in [0.29, 0.717) is 0 Å². The van der Waals surface area contributed by atoms with Crippen molar-refractivity contribution in [1.29, 1.82) is 0 Å². The van der Waals surface area contributed by atoms with Crippen LogP contribution in [0.5, 0.6) is 11.5 Å². The topological polar surface area (TPSA) is 9.23 Å². The van der Waals surface area contributed by atoms with Crippen LogP contribution in [-0.2, 0) is 5.41 Å². The fourth-order valence-electron chi connectivity index (χ4n) is 8.78. The van der Waals surface area contributed by atoms with Gasteiger partial charge in [0.25, 0.3) is 0 Å². The van der Waals surface area contributed by atoms with Crippen molar-refractivity contribution in [3.63, 3.8) is 0 Å². The molecular weight excluding hydrogens is 637 g/mol. The smallest absolute Gasteiger partial charge is 0.132 e. The molecule has 2 aliphatic rings. The Morgan fingerprint density at radius 2 is 0.902 bits per heavy atom. The van der Waals surface area contributed by atoms with Crippen molar-refractivity contribution in [3.8, 4) is 56.0 Å². The van der Waals surface area contributed by atoms with Crippen molar-refractivity contribution < 1.29 is 4.74 Å². The lowest BCUT2D eigenvalue weighted by molar-refractivity contribution is 0.436. The first-order chi connectivity index (χ1) is 25.3. The molecule has 1 aliphatic heterocycles. The second kappa shape index (κ2) is 10.9. The first-order valence-electron chi connectivity index (χ1n) is 17.5. The summed E-state index contributed by atoms with van der Waals surface area (Å²) in [5, 5.41) is 2.67.